The molecule has 0 spiro atoms. The van der Waals surface area contributed by atoms with Crippen molar-refractivity contribution in [2.75, 3.05) is 35.2 Å². The first kappa shape index (κ1) is 18.3. The van der Waals surface area contributed by atoms with E-state index in [-0.39, 0.29) is 12.5 Å². The van der Waals surface area contributed by atoms with Crippen LogP contribution in [0.15, 0.2) is 46.9 Å². The van der Waals surface area contributed by atoms with Crippen LogP contribution < -0.4 is 15.5 Å². The fraction of sp³-hybridized carbons (Fsp3) is 0.316. The third-order valence-corrected chi connectivity index (χ3v) is 4.40. The van der Waals surface area contributed by atoms with Crippen molar-refractivity contribution in [1.82, 2.24) is 0 Å². The maximum absolute atomic E-state index is 12.1. The molecule has 0 fully saturated rings. The van der Waals surface area contributed by atoms with Crippen LogP contribution in [0.3, 0.4) is 0 Å². The number of aryl methyl sites for hydroxylation is 1. The molecule has 1 amide bonds. The number of carbonyl (C=O) groups excluding carboxylic acids is 1. The van der Waals surface area contributed by atoms with Crippen LogP contribution >= 0.6 is 15.9 Å². The number of carbonyl (C=O) groups is 1. The van der Waals surface area contributed by atoms with Crippen LogP contribution in [-0.4, -0.2) is 25.5 Å². The molecule has 0 unspecified atom stereocenters. The fourth-order valence-corrected chi connectivity index (χ4v) is 3.03. The van der Waals surface area contributed by atoms with Gasteiger partial charge >= 0.3 is 0 Å². The lowest BCUT2D eigenvalue weighted by molar-refractivity contribution is -0.114. The number of halogens is 1. The van der Waals surface area contributed by atoms with Gasteiger partial charge in [0.15, 0.2) is 0 Å². The fourth-order valence-electron chi connectivity index (χ4n) is 2.55. The Morgan fingerprint density at radius 1 is 1.08 bits per heavy atom. The molecule has 2 rings (SSSR count). The van der Waals surface area contributed by atoms with Crippen LogP contribution in [0.25, 0.3) is 0 Å². The molecule has 0 atom stereocenters. The van der Waals surface area contributed by atoms with Gasteiger partial charge in [0.25, 0.3) is 0 Å². The minimum absolute atomic E-state index is 0.0621. The average Bonchev–Trinajstić information content (AvgIpc) is 2.56. The van der Waals surface area contributed by atoms with Crippen LogP contribution in [0.1, 0.15) is 19.4 Å². The average molecular weight is 390 g/mol. The Labute approximate surface area is 152 Å². The number of nitrogens with zero attached hydrogens (tertiary/aromatic N) is 1. The summed E-state index contributed by atoms with van der Waals surface area (Å²) in [6.07, 6.45) is 0. The summed E-state index contributed by atoms with van der Waals surface area (Å²) in [4.78, 5) is 14.4. The Hall–Kier alpha value is -2.01. The highest BCUT2D eigenvalue weighted by molar-refractivity contribution is 9.10. The minimum atomic E-state index is -0.0621. The number of hydrogen-bond donors (Lipinski definition) is 2. The lowest BCUT2D eigenvalue weighted by Crippen LogP contribution is -2.23. The van der Waals surface area contributed by atoms with Crippen LogP contribution in [0.2, 0.25) is 0 Å². The predicted molar refractivity (Wildman–Crippen MR) is 106 cm³/mol. The van der Waals surface area contributed by atoms with Crippen LogP contribution in [0, 0.1) is 6.92 Å². The number of nitrogens with one attached hydrogen (secondary N) is 2. The highest BCUT2D eigenvalue weighted by Gasteiger charge is 2.06. The maximum atomic E-state index is 12.1. The SMILES string of the molecule is CCN(CC)c1ccc(NC(=O)CNc2ccc(Br)cc2C)cc1. The molecule has 0 aliphatic heterocycles. The standard InChI is InChI=1S/C19H24BrN3O/c1-4-23(5-2)17-9-7-16(8-10-17)22-19(24)13-21-18-11-6-15(20)12-14(18)3/h6-12,21H,4-5,13H2,1-3H3,(H,22,24). The quantitative estimate of drug-likeness (QED) is 0.723. The van der Waals surface area contributed by atoms with E-state index in [4.69, 9.17) is 0 Å². The van der Waals surface area contributed by atoms with Crippen LogP contribution in [0.5, 0.6) is 0 Å². The van der Waals surface area contributed by atoms with E-state index in [1.165, 1.54) is 5.69 Å². The molecule has 5 heteroatoms. The van der Waals surface area contributed by atoms with Crippen molar-refractivity contribution in [3.05, 3.63) is 52.5 Å². The number of benzene rings is 2. The van der Waals surface area contributed by atoms with Gasteiger partial charge in [-0.25, -0.2) is 0 Å². The Morgan fingerprint density at radius 2 is 1.75 bits per heavy atom. The molecular formula is C19H24BrN3O. The van der Waals surface area contributed by atoms with E-state index in [0.717, 1.165) is 34.5 Å². The molecule has 0 heterocycles. The molecular weight excluding hydrogens is 366 g/mol. The van der Waals surface area contributed by atoms with Gasteiger partial charge < -0.3 is 15.5 Å². The summed E-state index contributed by atoms with van der Waals surface area (Å²) < 4.78 is 1.03. The molecule has 2 aromatic carbocycles. The zero-order valence-corrected chi connectivity index (χ0v) is 16.0. The van der Waals surface area contributed by atoms with Crippen molar-refractivity contribution in [2.45, 2.75) is 20.8 Å². The zero-order valence-electron chi connectivity index (χ0n) is 14.4. The lowest BCUT2D eigenvalue weighted by atomic mass is 10.2. The van der Waals surface area contributed by atoms with Gasteiger partial charge in [-0.15, -0.1) is 0 Å². The first-order valence-electron chi connectivity index (χ1n) is 8.18. The molecule has 128 valence electrons. The summed E-state index contributed by atoms with van der Waals surface area (Å²) in [5.41, 5.74) is 4.04. The Bertz CT molecular complexity index is 682. The van der Waals surface area contributed by atoms with E-state index in [0.29, 0.717) is 0 Å². The molecule has 2 aromatic rings. The summed E-state index contributed by atoms with van der Waals surface area (Å²) in [6, 6.07) is 13.9. The Balaban J connectivity index is 1.90. The van der Waals surface area contributed by atoms with Crippen molar-refractivity contribution >= 4 is 38.9 Å². The number of rotatable bonds is 7. The zero-order chi connectivity index (χ0) is 17.5. The second-order valence-electron chi connectivity index (χ2n) is 5.58. The highest BCUT2D eigenvalue weighted by atomic mass is 79.9. The molecule has 0 aliphatic rings. The molecule has 2 N–H and O–H groups in total. The third kappa shape index (κ3) is 4.99. The second-order valence-corrected chi connectivity index (χ2v) is 6.50. The summed E-state index contributed by atoms with van der Waals surface area (Å²) in [6.45, 7) is 8.46. The monoisotopic (exact) mass is 389 g/mol. The predicted octanol–water partition coefficient (Wildman–Crippen LogP) is 4.65. The van der Waals surface area contributed by atoms with E-state index in [1.807, 2.05) is 49.4 Å². The number of anilines is 3. The van der Waals surface area contributed by atoms with E-state index in [9.17, 15) is 4.79 Å². The van der Waals surface area contributed by atoms with E-state index in [2.05, 4.69) is 45.3 Å². The summed E-state index contributed by atoms with van der Waals surface area (Å²) in [5.74, 6) is -0.0621. The first-order chi connectivity index (χ1) is 11.5. The van der Waals surface area contributed by atoms with Crippen molar-refractivity contribution in [3.8, 4) is 0 Å². The molecule has 0 aliphatic carbocycles. The molecule has 0 saturated heterocycles. The highest BCUT2D eigenvalue weighted by Crippen LogP contribution is 2.20. The largest absolute Gasteiger partial charge is 0.376 e. The molecule has 0 radical (unpaired) electrons. The van der Waals surface area contributed by atoms with Gasteiger partial charge in [-0.05, 0) is 68.8 Å². The van der Waals surface area contributed by atoms with Crippen molar-refractivity contribution in [1.29, 1.82) is 0 Å². The van der Waals surface area contributed by atoms with Gasteiger partial charge in [-0.2, -0.15) is 0 Å². The molecule has 0 saturated carbocycles. The van der Waals surface area contributed by atoms with Crippen LogP contribution in [-0.2, 0) is 4.79 Å². The summed E-state index contributed by atoms with van der Waals surface area (Å²) in [5, 5.41) is 6.08. The maximum Gasteiger partial charge on any atom is 0.243 e. The Morgan fingerprint density at radius 3 is 2.33 bits per heavy atom. The first-order valence-corrected chi connectivity index (χ1v) is 8.97. The van der Waals surface area contributed by atoms with E-state index in [1.54, 1.807) is 0 Å². The lowest BCUT2D eigenvalue weighted by Gasteiger charge is -2.21. The smallest absolute Gasteiger partial charge is 0.243 e. The summed E-state index contributed by atoms with van der Waals surface area (Å²) in [7, 11) is 0. The van der Waals surface area contributed by atoms with E-state index >= 15 is 0 Å². The van der Waals surface area contributed by atoms with Crippen molar-refractivity contribution < 1.29 is 4.79 Å². The van der Waals surface area contributed by atoms with Gasteiger partial charge in [0.05, 0.1) is 6.54 Å². The molecule has 4 nitrogen and oxygen atoms in total. The van der Waals surface area contributed by atoms with Gasteiger partial charge in [0.2, 0.25) is 5.91 Å². The number of hydrogen-bond acceptors (Lipinski definition) is 3. The topological polar surface area (TPSA) is 44.4 Å². The van der Waals surface area contributed by atoms with Gasteiger partial charge in [-0.3, -0.25) is 4.79 Å². The van der Waals surface area contributed by atoms with E-state index < -0.39 is 0 Å². The van der Waals surface area contributed by atoms with Crippen molar-refractivity contribution in [2.24, 2.45) is 0 Å². The van der Waals surface area contributed by atoms with Crippen molar-refractivity contribution in [3.63, 3.8) is 0 Å². The minimum Gasteiger partial charge on any atom is -0.376 e. The van der Waals surface area contributed by atoms with Gasteiger partial charge in [0.1, 0.15) is 0 Å². The molecule has 0 bridgehead atoms. The summed E-state index contributed by atoms with van der Waals surface area (Å²) >= 11 is 3.44. The van der Waals surface area contributed by atoms with Crippen LogP contribution in [0.4, 0.5) is 17.1 Å². The number of amides is 1. The van der Waals surface area contributed by atoms with Gasteiger partial charge in [-0.1, -0.05) is 15.9 Å². The van der Waals surface area contributed by atoms with Gasteiger partial charge in [0, 0.05) is 34.6 Å². The molecule has 24 heavy (non-hydrogen) atoms. The normalized spacial score (nSPS) is 10.3. The second kappa shape index (κ2) is 8.73. The Kier molecular flexibility index (Phi) is 6.67. The molecule has 0 aromatic heterocycles. The third-order valence-electron chi connectivity index (χ3n) is 3.91.